The van der Waals surface area contributed by atoms with Crippen molar-refractivity contribution in [2.75, 3.05) is 0 Å². The van der Waals surface area contributed by atoms with Crippen LogP contribution in [0.15, 0.2) is 30.6 Å². The first-order valence-electron chi connectivity index (χ1n) is 5.40. The zero-order valence-corrected chi connectivity index (χ0v) is 10.7. The number of benzene rings is 1. The Morgan fingerprint density at radius 3 is 2.84 bits per heavy atom. The summed E-state index contributed by atoms with van der Waals surface area (Å²) >= 11 is 5.88. The second-order valence-corrected chi connectivity index (χ2v) is 4.36. The van der Waals surface area contributed by atoms with Gasteiger partial charge < -0.3 is 4.57 Å². The van der Waals surface area contributed by atoms with Gasteiger partial charge in [0.2, 0.25) is 5.78 Å². The fourth-order valence-electron chi connectivity index (χ4n) is 1.74. The van der Waals surface area contributed by atoms with E-state index in [1.165, 1.54) is 16.8 Å². The lowest BCUT2D eigenvalue weighted by atomic mass is 9.95. The molecule has 0 radical (unpaired) electrons. The highest BCUT2D eigenvalue weighted by Gasteiger charge is 2.26. The molecule has 96 valence electrons. The van der Waals surface area contributed by atoms with E-state index in [-0.39, 0.29) is 16.4 Å². The molecular weight excluding hydrogens is 269 g/mol. The zero-order chi connectivity index (χ0) is 14.0. The highest BCUT2D eigenvalue weighted by molar-refractivity contribution is 6.31. The van der Waals surface area contributed by atoms with E-state index in [1.54, 1.807) is 13.2 Å². The summed E-state index contributed by atoms with van der Waals surface area (Å²) < 4.78 is 14.5. The quantitative estimate of drug-likeness (QED) is 0.811. The monoisotopic (exact) mass is 277 g/mol. The number of aryl methyl sites for hydroxylation is 1. The van der Waals surface area contributed by atoms with E-state index in [2.05, 4.69) is 4.98 Å². The molecule has 6 heteroatoms. The lowest BCUT2D eigenvalue weighted by molar-refractivity contribution is 0.0966. The van der Waals surface area contributed by atoms with Crippen LogP contribution in [0.1, 0.15) is 22.1 Å². The third kappa shape index (κ3) is 2.49. The maximum Gasteiger partial charge on any atom is 0.219 e. The molecule has 0 bridgehead atoms. The Labute approximate surface area is 114 Å². The number of imidazole rings is 1. The molecule has 1 atom stereocenters. The van der Waals surface area contributed by atoms with Crippen molar-refractivity contribution in [2.24, 2.45) is 7.05 Å². The Morgan fingerprint density at radius 2 is 2.32 bits per heavy atom. The van der Waals surface area contributed by atoms with E-state index in [4.69, 9.17) is 11.6 Å². The number of carbonyl (C=O) groups is 1. The minimum absolute atomic E-state index is 0.0501. The average molecular weight is 278 g/mol. The maximum atomic E-state index is 13.0. The Kier molecular flexibility index (Phi) is 3.63. The summed E-state index contributed by atoms with van der Waals surface area (Å²) in [6.07, 6.45) is 3.07. The van der Waals surface area contributed by atoms with Crippen molar-refractivity contribution in [1.82, 2.24) is 9.55 Å². The average Bonchev–Trinajstić information content (AvgIpc) is 2.78. The molecule has 2 aromatic rings. The van der Waals surface area contributed by atoms with Gasteiger partial charge in [0.05, 0.1) is 6.07 Å². The molecule has 1 aromatic heterocycles. The predicted molar refractivity (Wildman–Crippen MR) is 67.3 cm³/mol. The van der Waals surface area contributed by atoms with E-state index in [9.17, 15) is 14.4 Å². The SMILES string of the molecule is Cn1ccnc1C(=O)C(C#N)c1ccc(F)cc1Cl. The fourth-order valence-corrected chi connectivity index (χ4v) is 2.01. The van der Waals surface area contributed by atoms with Crippen LogP contribution in [0.2, 0.25) is 5.02 Å². The number of ketones is 1. The van der Waals surface area contributed by atoms with Crippen LogP contribution < -0.4 is 0 Å². The van der Waals surface area contributed by atoms with E-state index < -0.39 is 17.5 Å². The maximum absolute atomic E-state index is 13.0. The molecule has 0 spiro atoms. The third-order valence-corrected chi connectivity index (χ3v) is 3.03. The molecule has 0 aliphatic heterocycles. The first kappa shape index (κ1) is 13.2. The zero-order valence-electron chi connectivity index (χ0n) is 9.97. The largest absolute Gasteiger partial charge is 0.332 e. The van der Waals surface area contributed by atoms with E-state index in [1.807, 2.05) is 6.07 Å². The lowest BCUT2D eigenvalue weighted by Crippen LogP contribution is -2.16. The first-order chi connectivity index (χ1) is 9.04. The summed E-state index contributed by atoms with van der Waals surface area (Å²) in [5, 5.41) is 9.22. The molecular formula is C13H9ClFN3O. The number of halogens is 2. The molecule has 1 aromatic carbocycles. The van der Waals surface area contributed by atoms with Crippen molar-refractivity contribution in [3.63, 3.8) is 0 Å². The molecule has 1 heterocycles. The van der Waals surface area contributed by atoms with Crippen molar-refractivity contribution in [2.45, 2.75) is 5.92 Å². The van der Waals surface area contributed by atoms with Gasteiger partial charge in [0, 0.05) is 24.5 Å². The van der Waals surface area contributed by atoms with Crippen LogP contribution in [-0.4, -0.2) is 15.3 Å². The minimum Gasteiger partial charge on any atom is -0.332 e. The molecule has 0 saturated carbocycles. The van der Waals surface area contributed by atoms with Crippen LogP contribution in [0.25, 0.3) is 0 Å². The molecule has 0 fully saturated rings. The van der Waals surface area contributed by atoms with Crippen LogP contribution in [-0.2, 0) is 7.05 Å². The summed E-state index contributed by atoms with van der Waals surface area (Å²) in [6.45, 7) is 0. The van der Waals surface area contributed by atoms with Crippen molar-refractivity contribution >= 4 is 17.4 Å². The van der Waals surface area contributed by atoms with Gasteiger partial charge in [0.1, 0.15) is 11.7 Å². The van der Waals surface area contributed by atoms with Gasteiger partial charge in [-0.1, -0.05) is 17.7 Å². The number of hydrogen-bond acceptors (Lipinski definition) is 3. The van der Waals surface area contributed by atoms with Gasteiger partial charge in [0.15, 0.2) is 5.82 Å². The Bertz CT molecular complexity index is 675. The molecule has 0 amide bonds. The van der Waals surface area contributed by atoms with Gasteiger partial charge in [-0.3, -0.25) is 4.79 Å². The topological polar surface area (TPSA) is 58.7 Å². The predicted octanol–water partition coefficient (Wildman–Crippen LogP) is 2.70. The number of hydrogen-bond donors (Lipinski definition) is 0. The normalized spacial score (nSPS) is 11.9. The van der Waals surface area contributed by atoms with Gasteiger partial charge in [0.25, 0.3) is 0 Å². The molecule has 0 saturated heterocycles. The third-order valence-electron chi connectivity index (χ3n) is 2.71. The van der Waals surface area contributed by atoms with E-state index in [0.29, 0.717) is 0 Å². The van der Waals surface area contributed by atoms with Crippen molar-refractivity contribution < 1.29 is 9.18 Å². The van der Waals surface area contributed by atoms with Crippen LogP contribution in [0.5, 0.6) is 0 Å². The van der Waals surface area contributed by atoms with Crippen molar-refractivity contribution in [3.8, 4) is 6.07 Å². The number of nitriles is 1. The highest BCUT2D eigenvalue weighted by Crippen LogP contribution is 2.27. The van der Waals surface area contributed by atoms with E-state index >= 15 is 0 Å². The Balaban J connectivity index is 2.44. The Morgan fingerprint density at radius 1 is 1.58 bits per heavy atom. The molecule has 19 heavy (non-hydrogen) atoms. The van der Waals surface area contributed by atoms with Crippen LogP contribution in [0, 0.1) is 17.1 Å². The Hall–Kier alpha value is -2.19. The summed E-state index contributed by atoms with van der Waals surface area (Å²) in [7, 11) is 1.65. The summed E-state index contributed by atoms with van der Waals surface area (Å²) in [4.78, 5) is 16.1. The molecule has 0 N–H and O–H groups in total. The number of rotatable bonds is 3. The molecule has 4 nitrogen and oxygen atoms in total. The number of Topliss-reactive ketones (excluding diaryl/α,β-unsaturated/α-hetero) is 1. The minimum atomic E-state index is -1.10. The number of aromatic nitrogens is 2. The van der Waals surface area contributed by atoms with Crippen molar-refractivity contribution in [1.29, 1.82) is 5.26 Å². The van der Waals surface area contributed by atoms with E-state index in [0.717, 1.165) is 12.1 Å². The van der Waals surface area contributed by atoms with Crippen LogP contribution >= 0.6 is 11.6 Å². The second kappa shape index (κ2) is 5.21. The highest BCUT2D eigenvalue weighted by atomic mass is 35.5. The van der Waals surface area contributed by atoms with Gasteiger partial charge in [-0.05, 0) is 17.7 Å². The fraction of sp³-hybridized carbons (Fsp3) is 0.154. The standard InChI is InChI=1S/C13H9ClFN3O/c1-18-5-4-17-13(18)12(19)10(7-16)9-3-2-8(15)6-11(9)14/h2-6,10H,1H3. The van der Waals surface area contributed by atoms with Gasteiger partial charge in [-0.25, -0.2) is 9.37 Å². The van der Waals surface area contributed by atoms with Crippen molar-refractivity contribution in [3.05, 3.63) is 52.8 Å². The summed E-state index contributed by atoms with van der Waals surface area (Å²) in [5.41, 5.74) is 0.276. The lowest BCUT2D eigenvalue weighted by Gasteiger charge is -2.10. The van der Waals surface area contributed by atoms with Gasteiger partial charge in [-0.2, -0.15) is 5.26 Å². The molecule has 0 aliphatic carbocycles. The summed E-state index contributed by atoms with van der Waals surface area (Å²) in [6, 6.07) is 5.46. The molecule has 1 unspecified atom stereocenters. The van der Waals surface area contributed by atoms with Crippen LogP contribution in [0.3, 0.4) is 0 Å². The van der Waals surface area contributed by atoms with Gasteiger partial charge >= 0.3 is 0 Å². The summed E-state index contributed by atoms with van der Waals surface area (Å²) in [5.74, 6) is -1.93. The smallest absolute Gasteiger partial charge is 0.219 e. The van der Waals surface area contributed by atoms with Crippen LogP contribution in [0.4, 0.5) is 4.39 Å². The molecule has 2 rings (SSSR count). The number of carbonyl (C=O) groups excluding carboxylic acids is 1. The van der Waals surface area contributed by atoms with Gasteiger partial charge in [-0.15, -0.1) is 0 Å². The number of nitrogens with zero attached hydrogens (tertiary/aromatic N) is 3. The second-order valence-electron chi connectivity index (χ2n) is 3.95. The molecule has 0 aliphatic rings. The first-order valence-corrected chi connectivity index (χ1v) is 5.78.